The number of benzene rings is 1. The van der Waals surface area contributed by atoms with E-state index >= 15 is 0 Å². The number of hydrogen-bond acceptors (Lipinski definition) is 1. The van der Waals surface area contributed by atoms with Crippen LogP contribution in [0.4, 0.5) is 0 Å². The molecule has 4 atom stereocenters. The second-order valence-electron chi connectivity index (χ2n) is 6.32. The molecule has 2 fully saturated rings. The minimum Gasteiger partial charge on any atom is -0.348 e. The van der Waals surface area contributed by atoms with Crippen LogP contribution in [0.25, 0.3) is 0 Å². The van der Waals surface area contributed by atoms with Gasteiger partial charge in [-0.1, -0.05) is 52.7 Å². The van der Waals surface area contributed by atoms with Gasteiger partial charge in [0.15, 0.2) is 0 Å². The van der Waals surface area contributed by atoms with E-state index in [4.69, 9.17) is 0 Å². The lowest BCUT2D eigenvalue weighted by Gasteiger charge is -2.23. The summed E-state index contributed by atoms with van der Waals surface area (Å²) in [6.45, 7) is 0. The van der Waals surface area contributed by atoms with Crippen molar-refractivity contribution in [3.05, 3.63) is 35.9 Å². The maximum absolute atomic E-state index is 12.3. The number of carbonyl (C=O) groups excluding carboxylic acids is 1. The molecule has 0 radical (unpaired) electrons. The van der Waals surface area contributed by atoms with E-state index in [1.54, 1.807) is 0 Å². The van der Waals surface area contributed by atoms with Gasteiger partial charge >= 0.3 is 0 Å². The molecule has 2 bridgehead atoms. The summed E-state index contributed by atoms with van der Waals surface area (Å²) in [6.07, 6.45) is 6.12. The van der Waals surface area contributed by atoms with Crippen LogP contribution in [0.5, 0.6) is 0 Å². The van der Waals surface area contributed by atoms with Crippen LogP contribution in [-0.2, 0) is 4.79 Å². The van der Waals surface area contributed by atoms with Gasteiger partial charge in [-0.15, -0.1) is 0 Å². The summed E-state index contributed by atoms with van der Waals surface area (Å²) in [6, 6.07) is 10.3. The summed E-state index contributed by atoms with van der Waals surface area (Å²) in [5.74, 6) is 2.60. The number of halogens is 1. The van der Waals surface area contributed by atoms with Gasteiger partial charge in [0.2, 0.25) is 5.91 Å². The second-order valence-corrected chi connectivity index (χ2v) is 6.97. The molecular weight excluding hydrogens is 314 g/mol. The Balaban J connectivity index is 1.55. The molecule has 0 aromatic heterocycles. The standard InChI is InChI=1S/C17H22BrNO/c18-11-16(13-4-2-1-3-5-13)19-17(20)10-15-9-12-6-7-14(15)8-12/h1-5,12,14-16H,6-11H2,(H,19,20). The van der Waals surface area contributed by atoms with Gasteiger partial charge in [0.05, 0.1) is 6.04 Å². The van der Waals surface area contributed by atoms with Gasteiger partial charge in [-0.3, -0.25) is 4.79 Å². The smallest absolute Gasteiger partial charge is 0.220 e. The van der Waals surface area contributed by atoms with E-state index in [1.807, 2.05) is 18.2 Å². The minimum absolute atomic E-state index is 0.0855. The molecule has 3 rings (SSSR count). The fourth-order valence-electron chi connectivity index (χ4n) is 4.01. The molecule has 2 aliphatic rings. The van der Waals surface area contributed by atoms with Crippen molar-refractivity contribution in [3.8, 4) is 0 Å². The topological polar surface area (TPSA) is 29.1 Å². The lowest BCUT2D eigenvalue weighted by atomic mass is 9.86. The van der Waals surface area contributed by atoms with E-state index < -0.39 is 0 Å². The van der Waals surface area contributed by atoms with Gasteiger partial charge in [-0.2, -0.15) is 0 Å². The maximum atomic E-state index is 12.3. The van der Waals surface area contributed by atoms with Crippen LogP contribution in [0.3, 0.4) is 0 Å². The Kier molecular flexibility index (Phi) is 4.45. The van der Waals surface area contributed by atoms with Crippen molar-refractivity contribution in [2.24, 2.45) is 17.8 Å². The first-order valence-corrected chi connectivity index (χ1v) is 8.78. The number of hydrogen-bond donors (Lipinski definition) is 1. The van der Waals surface area contributed by atoms with Gasteiger partial charge in [0.25, 0.3) is 0 Å². The highest BCUT2D eigenvalue weighted by molar-refractivity contribution is 9.09. The molecule has 1 aromatic carbocycles. The van der Waals surface area contributed by atoms with Crippen molar-refractivity contribution >= 4 is 21.8 Å². The van der Waals surface area contributed by atoms with Crippen LogP contribution in [0, 0.1) is 17.8 Å². The van der Waals surface area contributed by atoms with E-state index in [9.17, 15) is 4.79 Å². The van der Waals surface area contributed by atoms with Crippen molar-refractivity contribution in [1.29, 1.82) is 0 Å². The maximum Gasteiger partial charge on any atom is 0.220 e. The Hall–Kier alpha value is -0.830. The number of amides is 1. The lowest BCUT2D eigenvalue weighted by molar-refractivity contribution is -0.123. The Morgan fingerprint density at radius 3 is 2.65 bits per heavy atom. The Bertz CT molecular complexity index is 461. The number of rotatable bonds is 5. The van der Waals surface area contributed by atoms with Crippen molar-refractivity contribution < 1.29 is 4.79 Å². The second kappa shape index (κ2) is 6.30. The minimum atomic E-state index is 0.0855. The first kappa shape index (κ1) is 14.1. The highest BCUT2D eigenvalue weighted by atomic mass is 79.9. The molecule has 3 heteroatoms. The third-order valence-corrected chi connectivity index (χ3v) is 5.67. The first-order chi connectivity index (χ1) is 9.76. The zero-order chi connectivity index (χ0) is 13.9. The van der Waals surface area contributed by atoms with Gasteiger partial charge in [0.1, 0.15) is 0 Å². The third-order valence-electron chi connectivity index (χ3n) is 5.02. The average molecular weight is 336 g/mol. The largest absolute Gasteiger partial charge is 0.348 e. The Labute approximate surface area is 129 Å². The molecule has 20 heavy (non-hydrogen) atoms. The van der Waals surface area contributed by atoms with Crippen LogP contribution in [0.2, 0.25) is 0 Å². The molecule has 108 valence electrons. The summed E-state index contributed by atoms with van der Waals surface area (Å²) >= 11 is 3.51. The number of carbonyl (C=O) groups is 1. The lowest BCUT2D eigenvalue weighted by Crippen LogP contribution is -2.31. The number of alkyl halides is 1. The van der Waals surface area contributed by atoms with E-state index in [1.165, 1.54) is 31.2 Å². The van der Waals surface area contributed by atoms with Crippen LogP contribution < -0.4 is 5.32 Å². The molecule has 0 spiro atoms. The van der Waals surface area contributed by atoms with Crippen molar-refractivity contribution in [3.63, 3.8) is 0 Å². The van der Waals surface area contributed by atoms with E-state index in [0.717, 1.165) is 23.6 Å². The SMILES string of the molecule is O=C(CC1CC2CCC1C2)NC(CBr)c1ccccc1. The monoisotopic (exact) mass is 335 g/mol. The Morgan fingerprint density at radius 1 is 1.25 bits per heavy atom. The van der Waals surface area contributed by atoms with Crippen molar-refractivity contribution in [2.75, 3.05) is 5.33 Å². The van der Waals surface area contributed by atoms with Gasteiger partial charge < -0.3 is 5.32 Å². The summed E-state index contributed by atoms with van der Waals surface area (Å²) in [5.41, 5.74) is 1.17. The quantitative estimate of drug-likeness (QED) is 0.807. The summed E-state index contributed by atoms with van der Waals surface area (Å²) < 4.78 is 0. The number of nitrogens with one attached hydrogen (secondary N) is 1. The zero-order valence-corrected chi connectivity index (χ0v) is 13.3. The van der Waals surface area contributed by atoms with E-state index in [2.05, 4.69) is 33.4 Å². The third kappa shape index (κ3) is 3.08. The predicted octanol–water partition coefficient (Wildman–Crippen LogP) is 4.07. The van der Waals surface area contributed by atoms with Crippen molar-refractivity contribution in [2.45, 2.75) is 38.1 Å². The molecule has 2 nitrogen and oxygen atoms in total. The molecule has 1 amide bonds. The molecule has 1 N–H and O–H groups in total. The molecular formula is C17H22BrNO. The molecule has 2 saturated carbocycles. The van der Waals surface area contributed by atoms with Crippen LogP contribution >= 0.6 is 15.9 Å². The van der Waals surface area contributed by atoms with E-state index in [0.29, 0.717) is 5.92 Å². The van der Waals surface area contributed by atoms with Crippen LogP contribution in [0.1, 0.15) is 43.7 Å². The highest BCUT2D eigenvalue weighted by Crippen LogP contribution is 2.49. The fraction of sp³-hybridized carbons (Fsp3) is 0.588. The van der Waals surface area contributed by atoms with Gasteiger partial charge in [-0.25, -0.2) is 0 Å². The molecule has 4 unspecified atom stereocenters. The molecule has 0 aliphatic heterocycles. The predicted molar refractivity (Wildman–Crippen MR) is 84.7 cm³/mol. The van der Waals surface area contributed by atoms with E-state index in [-0.39, 0.29) is 11.9 Å². The molecule has 2 aliphatic carbocycles. The molecule has 1 aromatic rings. The highest BCUT2D eigenvalue weighted by Gasteiger charge is 2.40. The van der Waals surface area contributed by atoms with Crippen molar-refractivity contribution in [1.82, 2.24) is 5.32 Å². The zero-order valence-electron chi connectivity index (χ0n) is 11.7. The van der Waals surface area contributed by atoms with Gasteiger partial charge in [-0.05, 0) is 42.6 Å². The van der Waals surface area contributed by atoms with Gasteiger partial charge in [0, 0.05) is 11.8 Å². The summed E-state index contributed by atoms with van der Waals surface area (Å²) in [7, 11) is 0. The number of fused-ring (bicyclic) bond motifs is 2. The average Bonchev–Trinajstić information content (AvgIpc) is 3.08. The first-order valence-electron chi connectivity index (χ1n) is 7.66. The van der Waals surface area contributed by atoms with Crippen LogP contribution in [-0.4, -0.2) is 11.2 Å². The summed E-state index contributed by atoms with van der Waals surface area (Å²) in [5, 5.41) is 3.95. The molecule has 0 saturated heterocycles. The Morgan fingerprint density at radius 2 is 2.05 bits per heavy atom. The summed E-state index contributed by atoms with van der Waals surface area (Å²) in [4.78, 5) is 12.3. The normalized spacial score (nSPS) is 29.4. The molecule has 0 heterocycles. The fourth-order valence-corrected chi connectivity index (χ4v) is 4.55. The van der Waals surface area contributed by atoms with Crippen LogP contribution in [0.15, 0.2) is 30.3 Å².